The number of carbonyl (C=O) groups is 1. The zero-order chi connectivity index (χ0) is 17.1. The smallest absolute Gasteiger partial charge is 0.227 e. The molecule has 1 unspecified atom stereocenters. The van der Waals surface area contributed by atoms with Gasteiger partial charge < -0.3 is 14.7 Å². The van der Waals surface area contributed by atoms with E-state index in [1.807, 2.05) is 7.05 Å². The summed E-state index contributed by atoms with van der Waals surface area (Å²) in [6.07, 6.45) is 1.67. The zero-order valence-corrected chi connectivity index (χ0v) is 13.9. The van der Waals surface area contributed by atoms with Gasteiger partial charge >= 0.3 is 0 Å². The fourth-order valence-electron chi connectivity index (χ4n) is 2.77. The van der Waals surface area contributed by atoms with Crippen molar-refractivity contribution in [2.24, 2.45) is 0 Å². The van der Waals surface area contributed by atoms with Crippen LogP contribution in [0.25, 0.3) is 11.4 Å². The van der Waals surface area contributed by atoms with Crippen LogP contribution in [-0.2, 0) is 11.2 Å². The fraction of sp³-hybridized carbons (Fsp3) is 0.471. The van der Waals surface area contributed by atoms with Gasteiger partial charge in [0.1, 0.15) is 5.82 Å². The van der Waals surface area contributed by atoms with Crippen LogP contribution in [0.5, 0.6) is 0 Å². The highest BCUT2D eigenvalue weighted by molar-refractivity contribution is 5.76. The molecule has 2 aromatic rings. The van der Waals surface area contributed by atoms with Crippen molar-refractivity contribution in [2.45, 2.75) is 32.2 Å². The second kappa shape index (κ2) is 7.09. The number of nitrogens with one attached hydrogen (secondary N) is 1. The van der Waals surface area contributed by atoms with E-state index in [4.69, 9.17) is 4.52 Å². The highest BCUT2D eigenvalue weighted by atomic mass is 19.1. The second-order valence-electron chi connectivity index (χ2n) is 6.13. The Labute approximate surface area is 140 Å². The predicted molar refractivity (Wildman–Crippen MR) is 86.8 cm³/mol. The van der Waals surface area contributed by atoms with E-state index in [9.17, 15) is 9.18 Å². The quantitative estimate of drug-likeness (QED) is 0.906. The number of carbonyl (C=O) groups excluding carboxylic acids is 1. The van der Waals surface area contributed by atoms with E-state index in [2.05, 4.69) is 15.5 Å². The van der Waals surface area contributed by atoms with Crippen molar-refractivity contribution < 1.29 is 13.7 Å². The monoisotopic (exact) mass is 332 g/mol. The van der Waals surface area contributed by atoms with Gasteiger partial charge in [-0.1, -0.05) is 17.3 Å². The summed E-state index contributed by atoms with van der Waals surface area (Å²) in [5, 5.41) is 7.12. The van der Waals surface area contributed by atoms with E-state index in [1.54, 1.807) is 24.0 Å². The highest BCUT2D eigenvalue weighted by Gasteiger charge is 2.23. The van der Waals surface area contributed by atoms with Gasteiger partial charge in [-0.25, -0.2) is 4.39 Å². The molecular formula is C17H21FN4O2. The molecule has 1 fully saturated rings. The number of hydrogen-bond acceptors (Lipinski definition) is 5. The van der Waals surface area contributed by atoms with E-state index < -0.39 is 0 Å². The van der Waals surface area contributed by atoms with Crippen molar-refractivity contribution in [3.05, 3.63) is 35.5 Å². The number of rotatable bonds is 5. The van der Waals surface area contributed by atoms with Gasteiger partial charge in [0, 0.05) is 38.0 Å². The van der Waals surface area contributed by atoms with Crippen molar-refractivity contribution >= 4 is 5.91 Å². The van der Waals surface area contributed by atoms with Crippen LogP contribution < -0.4 is 5.32 Å². The second-order valence-corrected chi connectivity index (χ2v) is 6.13. The molecule has 3 rings (SSSR count). The fourth-order valence-corrected chi connectivity index (χ4v) is 2.77. The Morgan fingerprint density at radius 1 is 1.50 bits per heavy atom. The molecule has 1 amide bonds. The van der Waals surface area contributed by atoms with Gasteiger partial charge in [0.2, 0.25) is 17.6 Å². The lowest BCUT2D eigenvalue weighted by Gasteiger charge is -2.23. The maximum absolute atomic E-state index is 13.6. The summed E-state index contributed by atoms with van der Waals surface area (Å²) in [5.74, 6) is 0.479. The topological polar surface area (TPSA) is 71.3 Å². The SMILES string of the molecule is Cc1ccc(-c2noc(CCC(=O)N(C)C3CCNC3)n2)cc1F. The number of amides is 1. The molecule has 1 aliphatic rings. The van der Waals surface area contributed by atoms with Gasteiger partial charge in [0.05, 0.1) is 0 Å². The summed E-state index contributed by atoms with van der Waals surface area (Å²) in [7, 11) is 1.83. The van der Waals surface area contributed by atoms with E-state index >= 15 is 0 Å². The standard InChI is InChI=1S/C17H21FN4O2/c1-11-3-4-12(9-14(11)18)17-20-15(24-21-17)5-6-16(23)22(2)13-7-8-19-10-13/h3-4,9,13,19H,5-8,10H2,1-2H3. The first-order valence-electron chi connectivity index (χ1n) is 8.10. The molecule has 0 bridgehead atoms. The van der Waals surface area contributed by atoms with Gasteiger partial charge in [-0.3, -0.25) is 4.79 Å². The molecule has 0 aliphatic carbocycles. The Morgan fingerprint density at radius 2 is 2.33 bits per heavy atom. The van der Waals surface area contributed by atoms with Crippen molar-refractivity contribution in [1.82, 2.24) is 20.4 Å². The number of benzene rings is 1. The van der Waals surface area contributed by atoms with Crippen LogP contribution in [0.15, 0.2) is 22.7 Å². The Hall–Kier alpha value is -2.28. The van der Waals surface area contributed by atoms with Gasteiger partial charge in [0.25, 0.3) is 0 Å². The number of aryl methyl sites for hydroxylation is 2. The molecule has 1 saturated heterocycles. The average molecular weight is 332 g/mol. The van der Waals surface area contributed by atoms with Crippen molar-refractivity contribution in [3.8, 4) is 11.4 Å². The molecule has 1 aliphatic heterocycles. The molecule has 24 heavy (non-hydrogen) atoms. The third-order valence-electron chi connectivity index (χ3n) is 4.43. The number of nitrogens with zero attached hydrogens (tertiary/aromatic N) is 3. The van der Waals surface area contributed by atoms with E-state index in [0.717, 1.165) is 19.5 Å². The molecule has 1 N–H and O–H groups in total. The molecule has 2 heterocycles. The Balaban J connectivity index is 1.59. The summed E-state index contributed by atoms with van der Waals surface area (Å²) < 4.78 is 18.8. The summed E-state index contributed by atoms with van der Waals surface area (Å²) in [6.45, 7) is 3.48. The Kier molecular flexibility index (Phi) is 4.89. The Bertz CT molecular complexity index is 725. The summed E-state index contributed by atoms with van der Waals surface area (Å²) in [4.78, 5) is 18.3. The van der Waals surface area contributed by atoms with Crippen LogP contribution in [0.4, 0.5) is 4.39 Å². The number of halogens is 1. The predicted octanol–water partition coefficient (Wildman–Crippen LogP) is 1.94. The van der Waals surface area contributed by atoms with Crippen LogP contribution in [-0.4, -0.2) is 47.1 Å². The van der Waals surface area contributed by atoms with Crippen molar-refractivity contribution in [3.63, 3.8) is 0 Å². The first-order chi connectivity index (χ1) is 11.5. The van der Waals surface area contributed by atoms with E-state index in [0.29, 0.717) is 35.7 Å². The van der Waals surface area contributed by atoms with Gasteiger partial charge in [-0.05, 0) is 31.5 Å². The lowest BCUT2D eigenvalue weighted by Crippen LogP contribution is -2.38. The maximum atomic E-state index is 13.6. The van der Waals surface area contributed by atoms with Crippen LogP contribution >= 0.6 is 0 Å². The number of likely N-dealkylation sites (N-methyl/N-ethyl adjacent to an activating group) is 1. The number of aromatic nitrogens is 2. The zero-order valence-electron chi connectivity index (χ0n) is 13.9. The van der Waals surface area contributed by atoms with Crippen molar-refractivity contribution in [1.29, 1.82) is 0 Å². The minimum atomic E-state index is -0.305. The van der Waals surface area contributed by atoms with Crippen LogP contribution in [0.3, 0.4) is 0 Å². The third kappa shape index (κ3) is 3.62. The van der Waals surface area contributed by atoms with Crippen LogP contribution in [0.1, 0.15) is 24.3 Å². The molecule has 0 spiro atoms. The summed E-state index contributed by atoms with van der Waals surface area (Å²) in [6, 6.07) is 5.07. The molecule has 7 heteroatoms. The highest BCUT2D eigenvalue weighted by Crippen LogP contribution is 2.19. The minimum absolute atomic E-state index is 0.0600. The van der Waals surface area contributed by atoms with E-state index in [1.165, 1.54) is 6.07 Å². The average Bonchev–Trinajstić information content (AvgIpc) is 3.26. The molecule has 128 valence electrons. The lowest BCUT2D eigenvalue weighted by atomic mass is 10.1. The Morgan fingerprint density at radius 3 is 3.04 bits per heavy atom. The molecule has 0 radical (unpaired) electrons. The van der Waals surface area contributed by atoms with Gasteiger partial charge in [-0.15, -0.1) is 0 Å². The first kappa shape index (κ1) is 16.6. The van der Waals surface area contributed by atoms with Crippen molar-refractivity contribution in [2.75, 3.05) is 20.1 Å². The lowest BCUT2D eigenvalue weighted by molar-refractivity contribution is -0.131. The normalized spacial score (nSPS) is 17.2. The molecular weight excluding hydrogens is 311 g/mol. The molecule has 1 atom stereocenters. The summed E-state index contributed by atoms with van der Waals surface area (Å²) >= 11 is 0. The van der Waals surface area contributed by atoms with Gasteiger partial charge in [-0.2, -0.15) is 4.98 Å². The molecule has 1 aromatic carbocycles. The molecule has 1 aromatic heterocycles. The number of hydrogen-bond donors (Lipinski definition) is 1. The largest absolute Gasteiger partial charge is 0.341 e. The van der Waals surface area contributed by atoms with E-state index in [-0.39, 0.29) is 17.8 Å². The molecule has 6 nitrogen and oxygen atoms in total. The maximum Gasteiger partial charge on any atom is 0.227 e. The first-order valence-corrected chi connectivity index (χ1v) is 8.10. The molecule has 0 saturated carbocycles. The minimum Gasteiger partial charge on any atom is -0.341 e. The van der Waals surface area contributed by atoms with Gasteiger partial charge in [0.15, 0.2) is 0 Å². The third-order valence-corrected chi connectivity index (χ3v) is 4.43. The van der Waals surface area contributed by atoms with Crippen LogP contribution in [0.2, 0.25) is 0 Å². The summed E-state index contributed by atoms with van der Waals surface area (Å²) in [5.41, 5.74) is 1.13. The van der Waals surface area contributed by atoms with Crippen LogP contribution in [0, 0.1) is 12.7 Å².